The first-order valence-corrected chi connectivity index (χ1v) is 11.7. The number of sulfonamides is 1. The highest BCUT2D eigenvalue weighted by atomic mass is 35.5. The van der Waals surface area contributed by atoms with E-state index in [4.69, 9.17) is 11.6 Å². The SMILES string of the molecule is CCC(=O)NCc1csc(C2CCN(S(=O)(=O)c3ccc(F)c(Cl)c3)CC2)n1. The fraction of sp³-hybridized carbons (Fsp3) is 0.444. The van der Waals surface area contributed by atoms with Gasteiger partial charge in [-0.15, -0.1) is 11.3 Å². The van der Waals surface area contributed by atoms with E-state index in [1.807, 2.05) is 5.38 Å². The monoisotopic (exact) mass is 445 g/mol. The number of nitrogens with one attached hydrogen (secondary N) is 1. The van der Waals surface area contributed by atoms with Gasteiger partial charge in [-0.1, -0.05) is 18.5 Å². The molecule has 3 rings (SSSR count). The summed E-state index contributed by atoms with van der Waals surface area (Å²) in [7, 11) is -3.71. The van der Waals surface area contributed by atoms with Crippen molar-refractivity contribution in [1.29, 1.82) is 0 Å². The van der Waals surface area contributed by atoms with Gasteiger partial charge in [0.15, 0.2) is 0 Å². The third-order valence-electron chi connectivity index (χ3n) is 4.69. The van der Waals surface area contributed by atoms with Gasteiger partial charge in [0, 0.05) is 30.8 Å². The van der Waals surface area contributed by atoms with Crippen molar-refractivity contribution in [3.05, 3.63) is 45.1 Å². The number of hydrogen-bond donors (Lipinski definition) is 1. The Balaban J connectivity index is 1.62. The van der Waals surface area contributed by atoms with Gasteiger partial charge in [0.05, 0.1) is 27.2 Å². The molecule has 0 aliphatic carbocycles. The van der Waals surface area contributed by atoms with Gasteiger partial charge in [0.25, 0.3) is 0 Å². The smallest absolute Gasteiger partial charge is 0.243 e. The van der Waals surface area contributed by atoms with Crippen molar-refractivity contribution in [3.63, 3.8) is 0 Å². The predicted molar refractivity (Wildman–Crippen MR) is 106 cm³/mol. The van der Waals surface area contributed by atoms with E-state index in [2.05, 4.69) is 10.3 Å². The topological polar surface area (TPSA) is 79.4 Å². The molecule has 28 heavy (non-hydrogen) atoms. The summed E-state index contributed by atoms with van der Waals surface area (Å²) in [5.41, 5.74) is 0.817. The second kappa shape index (κ2) is 8.86. The number of thiazole rings is 1. The first kappa shape index (κ1) is 21.2. The van der Waals surface area contributed by atoms with Crippen molar-refractivity contribution >= 4 is 38.9 Å². The molecular formula is C18H21ClFN3O3S2. The third kappa shape index (κ3) is 4.71. The second-order valence-corrected chi connectivity index (χ2v) is 9.80. The zero-order chi connectivity index (χ0) is 20.3. The van der Waals surface area contributed by atoms with Crippen LogP contribution in [0.5, 0.6) is 0 Å². The highest BCUT2D eigenvalue weighted by Gasteiger charge is 2.31. The number of piperidine rings is 1. The van der Waals surface area contributed by atoms with E-state index in [9.17, 15) is 17.6 Å². The molecule has 0 radical (unpaired) electrons. The van der Waals surface area contributed by atoms with Crippen LogP contribution in [-0.4, -0.2) is 36.7 Å². The van der Waals surface area contributed by atoms with Gasteiger partial charge >= 0.3 is 0 Å². The van der Waals surface area contributed by atoms with Crippen LogP contribution < -0.4 is 5.32 Å². The lowest BCUT2D eigenvalue weighted by Gasteiger charge is -2.30. The molecular weight excluding hydrogens is 425 g/mol. The number of hydrogen-bond acceptors (Lipinski definition) is 5. The summed E-state index contributed by atoms with van der Waals surface area (Å²) in [6, 6.07) is 3.45. The Labute approximate surface area is 172 Å². The second-order valence-electron chi connectivity index (χ2n) is 6.56. The molecule has 1 aromatic heterocycles. The molecule has 152 valence electrons. The quantitative estimate of drug-likeness (QED) is 0.737. The van der Waals surface area contributed by atoms with E-state index in [1.54, 1.807) is 6.92 Å². The predicted octanol–water partition coefficient (Wildman–Crippen LogP) is 3.53. The zero-order valence-corrected chi connectivity index (χ0v) is 17.7. The van der Waals surface area contributed by atoms with E-state index in [1.165, 1.54) is 21.7 Å². The Bertz CT molecular complexity index is 957. The van der Waals surface area contributed by atoms with Crippen LogP contribution in [0.2, 0.25) is 5.02 Å². The van der Waals surface area contributed by atoms with E-state index < -0.39 is 15.8 Å². The van der Waals surface area contributed by atoms with Gasteiger partial charge in [-0.25, -0.2) is 17.8 Å². The normalized spacial score (nSPS) is 16.2. The first-order valence-electron chi connectivity index (χ1n) is 8.97. The molecule has 0 saturated carbocycles. The van der Waals surface area contributed by atoms with Crippen molar-refractivity contribution in [2.24, 2.45) is 0 Å². The standard InChI is InChI=1S/C18H21ClFN3O3S2/c1-2-17(24)21-10-13-11-27-18(22-13)12-5-7-23(8-6-12)28(25,26)14-3-4-16(20)15(19)9-14/h3-4,9,11-12H,2,5-8,10H2,1H3,(H,21,24). The van der Waals surface area contributed by atoms with Crippen molar-refractivity contribution < 1.29 is 17.6 Å². The van der Waals surface area contributed by atoms with Gasteiger partial charge in [0.2, 0.25) is 15.9 Å². The highest BCUT2D eigenvalue weighted by molar-refractivity contribution is 7.89. The van der Waals surface area contributed by atoms with E-state index in [0.29, 0.717) is 38.9 Å². The maximum absolute atomic E-state index is 13.3. The summed E-state index contributed by atoms with van der Waals surface area (Å²) in [6.07, 6.45) is 1.74. The average Bonchev–Trinajstić information content (AvgIpc) is 3.17. The van der Waals surface area contributed by atoms with Crippen LogP contribution in [0.3, 0.4) is 0 Å². The molecule has 2 heterocycles. The lowest BCUT2D eigenvalue weighted by atomic mass is 9.99. The molecule has 10 heteroatoms. The van der Waals surface area contributed by atoms with Gasteiger partial charge in [-0.3, -0.25) is 4.79 Å². The van der Waals surface area contributed by atoms with Crippen LogP contribution in [0.1, 0.15) is 42.8 Å². The number of carbonyl (C=O) groups is 1. The Morgan fingerprint density at radius 1 is 1.39 bits per heavy atom. The summed E-state index contributed by atoms with van der Waals surface area (Å²) in [4.78, 5) is 15.9. The largest absolute Gasteiger partial charge is 0.350 e. The Hall–Kier alpha value is -1.55. The fourth-order valence-electron chi connectivity index (χ4n) is 3.03. The maximum atomic E-state index is 13.3. The minimum atomic E-state index is -3.71. The number of halogens is 2. The van der Waals surface area contributed by atoms with E-state index in [0.717, 1.165) is 22.8 Å². The summed E-state index contributed by atoms with van der Waals surface area (Å²) in [6.45, 7) is 2.93. The Morgan fingerprint density at radius 3 is 2.75 bits per heavy atom. The third-order valence-corrected chi connectivity index (χ3v) is 7.93. The lowest BCUT2D eigenvalue weighted by molar-refractivity contribution is -0.120. The first-order chi connectivity index (χ1) is 13.3. The molecule has 1 aromatic carbocycles. The Morgan fingerprint density at radius 2 is 2.11 bits per heavy atom. The number of aromatic nitrogens is 1. The van der Waals surface area contributed by atoms with Crippen molar-refractivity contribution in [2.45, 2.75) is 43.5 Å². The highest BCUT2D eigenvalue weighted by Crippen LogP contribution is 2.33. The fourth-order valence-corrected chi connectivity index (χ4v) is 5.77. The molecule has 1 saturated heterocycles. The molecule has 0 spiro atoms. The van der Waals surface area contributed by atoms with Crippen LogP contribution in [0.4, 0.5) is 4.39 Å². The number of nitrogens with zero attached hydrogens (tertiary/aromatic N) is 2. The van der Waals surface area contributed by atoms with Gasteiger partial charge < -0.3 is 5.32 Å². The number of rotatable bonds is 6. The molecule has 1 amide bonds. The van der Waals surface area contributed by atoms with Crippen molar-refractivity contribution in [1.82, 2.24) is 14.6 Å². The molecule has 2 aromatic rings. The molecule has 6 nitrogen and oxygen atoms in total. The van der Waals surface area contributed by atoms with Crippen molar-refractivity contribution in [3.8, 4) is 0 Å². The summed E-state index contributed by atoms with van der Waals surface area (Å²) >= 11 is 7.26. The molecule has 1 aliphatic rings. The van der Waals surface area contributed by atoms with Crippen LogP contribution in [0.25, 0.3) is 0 Å². The molecule has 1 fully saturated rings. The molecule has 0 atom stereocenters. The summed E-state index contributed by atoms with van der Waals surface area (Å²) < 4.78 is 40.3. The van der Waals surface area contributed by atoms with E-state index >= 15 is 0 Å². The van der Waals surface area contributed by atoms with Crippen LogP contribution in [-0.2, 0) is 21.4 Å². The van der Waals surface area contributed by atoms with Gasteiger partial charge in [0.1, 0.15) is 5.82 Å². The van der Waals surface area contributed by atoms with Crippen molar-refractivity contribution in [2.75, 3.05) is 13.1 Å². The van der Waals surface area contributed by atoms with Gasteiger partial charge in [-0.05, 0) is 31.0 Å². The maximum Gasteiger partial charge on any atom is 0.243 e. The number of carbonyl (C=O) groups excluding carboxylic acids is 1. The molecule has 1 N–H and O–H groups in total. The van der Waals surface area contributed by atoms with Gasteiger partial charge in [-0.2, -0.15) is 4.31 Å². The number of benzene rings is 1. The van der Waals surface area contributed by atoms with Crippen LogP contribution in [0.15, 0.2) is 28.5 Å². The minimum Gasteiger partial charge on any atom is -0.350 e. The molecule has 0 unspecified atom stereocenters. The lowest BCUT2D eigenvalue weighted by Crippen LogP contribution is -2.37. The zero-order valence-electron chi connectivity index (χ0n) is 15.3. The summed E-state index contributed by atoms with van der Waals surface area (Å²) in [5.74, 6) is -0.480. The van der Waals surface area contributed by atoms with Crippen LogP contribution >= 0.6 is 22.9 Å². The summed E-state index contributed by atoms with van der Waals surface area (Å²) in [5, 5.41) is 5.48. The Kier molecular flexibility index (Phi) is 6.69. The number of amides is 1. The molecule has 0 bridgehead atoms. The average molecular weight is 446 g/mol. The minimum absolute atomic E-state index is 0.000510. The van der Waals surface area contributed by atoms with E-state index in [-0.39, 0.29) is 21.7 Å². The van der Waals surface area contributed by atoms with Crippen LogP contribution in [0, 0.1) is 5.82 Å². The molecule has 1 aliphatic heterocycles.